The van der Waals surface area contributed by atoms with Crippen molar-refractivity contribution < 1.29 is 9.47 Å². The molecule has 1 aromatic carbocycles. The second-order valence-electron chi connectivity index (χ2n) is 6.12. The summed E-state index contributed by atoms with van der Waals surface area (Å²) in [5.41, 5.74) is 2.52. The zero-order valence-corrected chi connectivity index (χ0v) is 12.2. The van der Waals surface area contributed by atoms with Gasteiger partial charge in [0.25, 0.3) is 0 Å². The molecule has 21 heavy (non-hydrogen) atoms. The molecule has 1 aromatic heterocycles. The second-order valence-corrected chi connectivity index (χ2v) is 6.12. The van der Waals surface area contributed by atoms with Crippen molar-refractivity contribution in [2.24, 2.45) is 0 Å². The van der Waals surface area contributed by atoms with Crippen LogP contribution in [-0.4, -0.2) is 36.9 Å². The van der Waals surface area contributed by atoms with Crippen LogP contribution in [0, 0.1) is 0 Å². The SMILES string of the molecule is c1cc2[nH]cc(C[C@H]3COCCN3)c2cc1OC1CCC1. The van der Waals surface area contributed by atoms with E-state index in [0.29, 0.717) is 12.1 Å². The monoisotopic (exact) mass is 286 g/mol. The van der Waals surface area contributed by atoms with Gasteiger partial charge in [0.2, 0.25) is 0 Å². The maximum atomic E-state index is 6.02. The molecule has 4 heteroatoms. The number of aromatic nitrogens is 1. The first-order valence-corrected chi connectivity index (χ1v) is 7.96. The lowest BCUT2D eigenvalue weighted by molar-refractivity contribution is 0.0771. The average molecular weight is 286 g/mol. The van der Waals surface area contributed by atoms with Crippen LogP contribution in [0.4, 0.5) is 0 Å². The third-order valence-electron chi connectivity index (χ3n) is 4.56. The summed E-state index contributed by atoms with van der Waals surface area (Å²) in [6.45, 7) is 2.57. The molecule has 0 unspecified atom stereocenters. The Morgan fingerprint density at radius 3 is 3.00 bits per heavy atom. The maximum absolute atomic E-state index is 6.02. The van der Waals surface area contributed by atoms with Gasteiger partial charge < -0.3 is 19.8 Å². The molecule has 1 atom stereocenters. The molecule has 2 aliphatic rings. The zero-order valence-electron chi connectivity index (χ0n) is 12.2. The van der Waals surface area contributed by atoms with E-state index in [4.69, 9.17) is 9.47 Å². The van der Waals surface area contributed by atoms with Crippen molar-refractivity contribution in [3.05, 3.63) is 30.0 Å². The molecule has 1 saturated heterocycles. The summed E-state index contributed by atoms with van der Waals surface area (Å²) in [4.78, 5) is 3.36. The molecule has 2 fully saturated rings. The van der Waals surface area contributed by atoms with Crippen molar-refractivity contribution in [2.75, 3.05) is 19.8 Å². The maximum Gasteiger partial charge on any atom is 0.120 e. The molecule has 1 aliphatic heterocycles. The third-order valence-corrected chi connectivity index (χ3v) is 4.56. The van der Waals surface area contributed by atoms with Gasteiger partial charge in [-0.25, -0.2) is 0 Å². The van der Waals surface area contributed by atoms with Gasteiger partial charge in [-0.2, -0.15) is 0 Å². The van der Waals surface area contributed by atoms with Crippen LogP contribution in [0.15, 0.2) is 24.4 Å². The van der Waals surface area contributed by atoms with E-state index >= 15 is 0 Å². The smallest absolute Gasteiger partial charge is 0.120 e. The highest BCUT2D eigenvalue weighted by Gasteiger charge is 2.20. The molecular formula is C17H22N2O2. The Balaban J connectivity index is 1.54. The van der Waals surface area contributed by atoms with Crippen LogP contribution in [0.3, 0.4) is 0 Å². The molecule has 4 nitrogen and oxygen atoms in total. The lowest BCUT2D eigenvalue weighted by Crippen LogP contribution is -2.42. The van der Waals surface area contributed by atoms with Gasteiger partial charge in [0.05, 0.1) is 19.3 Å². The van der Waals surface area contributed by atoms with Gasteiger partial charge in [0, 0.05) is 29.7 Å². The van der Waals surface area contributed by atoms with Crippen LogP contribution in [0.2, 0.25) is 0 Å². The first-order chi connectivity index (χ1) is 10.4. The Kier molecular flexibility index (Phi) is 3.57. The van der Waals surface area contributed by atoms with Gasteiger partial charge in [-0.15, -0.1) is 0 Å². The lowest BCUT2D eigenvalue weighted by atomic mass is 9.96. The van der Waals surface area contributed by atoms with Gasteiger partial charge in [-0.1, -0.05) is 0 Å². The number of hydrogen-bond donors (Lipinski definition) is 2. The normalized spacial score (nSPS) is 23.1. The topological polar surface area (TPSA) is 46.3 Å². The molecule has 0 radical (unpaired) electrons. The molecule has 2 N–H and O–H groups in total. The predicted octanol–water partition coefficient (Wildman–Crippen LogP) is 2.63. The van der Waals surface area contributed by atoms with Crippen LogP contribution >= 0.6 is 0 Å². The van der Waals surface area contributed by atoms with E-state index < -0.39 is 0 Å². The van der Waals surface area contributed by atoms with Crippen molar-refractivity contribution in [2.45, 2.75) is 37.8 Å². The number of hydrogen-bond acceptors (Lipinski definition) is 3. The molecule has 0 amide bonds. The highest BCUT2D eigenvalue weighted by molar-refractivity contribution is 5.84. The first kappa shape index (κ1) is 13.2. The largest absolute Gasteiger partial charge is 0.490 e. The van der Waals surface area contributed by atoms with Crippen molar-refractivity contribution in [3.8, 4) is 5.75 Å². The van der Waals surface area contributed by atoms with E-state index in [1.807, 2.05) is 0 Å². The second kappa shape index (κ2) is 5.70. The highest BCUT2D eigenvalue weighted by Crippen LogP contribution is 2.29. The minimum absolute atomic E-state index is 0.411. The van der Waals surface area contributed by atoms with Gasteiger partial charge in [0.1, 0.15) is 5.75 Å². The van der Waals surface area contributed by atoms with E-state index in [1.165, 1.54) is 35.7 Å². The quantitative estimate of drug-likeness (QED) is 0.908. The van der Waals surface area contributed by atoms with E-state index in [0.717, 1.165) is 31.9 Å². The molecule has 4 rings (SSSR count). The van der Waals surface area contributed by atoms with E-state index in [-0.39, 0.29) is 0 Å². The van der Waals surface area contributed by atoms with Crippen LogP contribution < -0.4 is 10.1 Å². The summed E-state index contributed by atoms with van der Waals surface area (Å²) >= 11 is 0. The number of ether oxygens (including phenoxy) is 2. The Bertz CT molecular complexity index is 612. The van der Waals surface area contributed by atoms with Crippen molar-refractivity contribution >= 4 is 10.9 Å². The van der Waals surface area contributed by atoms with Crippen LogP contribution in [0.5, 0.6) is 5.75 Å². The number of aromatic amines is 1. The molecule has 112 valence electrons. The molecule has 0 spiro atoms. The van der Waals surface area contributed by atoms with E-state index in [1.54, 1.807) is 0 Å². The summed E-state index contributed by atoms with van der Waals surface area (Å²) in [6, 6.07) is 6.79. The fraction of sp³-hybridized carbons (Fsp3) is 0.529. The molecule has 2 aromatic rings. The molecule has 1 saturated carbocycles. The zero-order chi connectivity index (χ0) is 14.1. The highest BCUT2D eigenvalue weighted by atomic mass is 16.5. The Hall–Kier alpha value is -1.52. The van der Waals surface area contributed by atoms with Gasteiger partial charge in [-0.3, -0.25) is 0 Å². The Labute approximate surface area is 124 Å². The number of nitrogens with one attached hydrogen (secondary N) is 2. The summed E-state index contributed by atoms with van der Waals surface area (Å²) < 4.78 is 11.6. The van der Waals surface area contributed by atoms with Crippen molar-refractivity contribution in [3.63, 3.8) is 0 Å². The van der Waals surface area contributed by atoms with E-state index in [9.17, 15) is 0 Å². The fourth-order valence-electron chi connectivity index (χ4n) is 3.10. The summed E-state index contributed by atoms with van der Waals surface area (Å²) in [6.07, 6.45) is 7.23. The van der Waals surface area contributed by atoms with Gasteiger partial charge in [0.15, 0.2) is 0 Å². The fourth-order valence-corrected chi connectivity index (χ4v) is 3.10. The molecule has 1 aliphatic carbocycles. The Morgan fingerprint density at radius 2 is 2.24 bits per heavy atom. The summed E-state index contributed by atoms with van der Waals surface area (Å²) in [7, 11) is 0. The number of rotatable bonds is 4. The van der Waals surface area contributed by atoms with Crippen LogP contribution in [0.25, 0.3) is 10.9 Å². The first-order valence-electron chi connectivity index (χ1n) is 7.96. The minimum Gasteiger partial charge on any atom is -0.490 e. The molecular weight excluding hydrogens is 264 g/mol. The molecule has 2 heterocycles. The number of morpholine rings is 1. The lowest BCUT2D eigenvalue weighted by Gasteiger charge is -2.26. The standard InChI is InChI=1S/C17H22N2O2/c1-2-14(3-1)21-15-4-5-17-16(9-15)12(10-19-17)8-13-11-20-7-6-18-13/h4-5,9-10,13-14,18-19H,1-3,6-8,11H2/t13-/m0/s1. The number of fused-ring (bicyclic) bond motifs is 1. The van der Waals surface area contributed by atoms with Crippen LogP contribution in [-0.2, 0) is 11.2 Å². The third kappa shape index (κ3) is 2.78. The summed E-state index contributed by atoms with van der Waals surface area (Å²) in [5, 5.41) is 4.79. The Morgan fingerprint density at radius 1 is 1.29 bits per heavy atom. The van der Waals surface area contributed by atoms with Crippen LogP contribution in [0.1, 0.15) is 24.8 Å². The van der Waals surface area contributed by atoms with Crippen molar-refractivity contribution in [1.29, 1.82) is 0 Å². The number of H-pyrrole nitrogens is 1. The molecule has 0 bridgehead atoms. The number of benzene rings is 1. The average Bonchev–Trinajstić information content (AvgIpc) is 2.87. The van der Waals surface area contributed by atoms with Gasteiger partial charge in [-0.05, 0) is 49.4 Å². The predicted molar refractivity (Wildman–Crippen MR) is 82.9 cm³/mol. The van der Waals surface area contributed by atoms with Crippen molar-refractivity contribution in [1.82, 2.24) is 10.3 Å². The van der Waals surface area contributed by atoms with Gasteiger partial charge >= 0.3 is 0 Å². The van der Waals surface area contributed by atoms with E-state index in [2.05, 4.69) is 34.7 Å². The minimum atomic E-state index is 0.411. The summed E-state index contributed by atoms with van der Waals surface area (Å²) in [5.74, 6) is 1.00.